The number of hydrogen-bond acceptors (Lipinski definition) is 3. The van der Waals surface area contributed by atoms with Crippen LogP contribution in [0.1, 0.15) is 49.7 Å². The van der Waals surface area contributed by atoms with Crippen LogP contribution in [0.15, 0.2) is 24.3 Å². The minimum Gasteiger partial charge on any atom is -0.481 e. The Morgan fingerprint density at radius 1 is 1.27 bits per heavy atom. The number of rotatable bonds is 5. The molecule has 5 heteroatoms. The number of hydrogen-bond donors (Lipinski definition) is 1. The molecule has 2 aliphatic heterocycles. The number of carbonyl (C=O) groups excluding carboxylic acids is 1. The summed E-state index contributed by atoms with van der Waals surface area (Å²) in [4.78, 5) is 26.5. The van der Waals surface area contributed by atoms with E-state index in [1.54, 1.807) is 0 Å². The van der Waals surface area contributed by atoms with E-state index in [1.165, 1.54) is 0 Å². The number of benzene rings is 1. The third kappa shape index (κ3) is 3.93. The van der Waals surface area contributed by atoms with Crippen molar-refractivity contribution in [2.24, 2.45) is 5.92 Å². The molecule has 1 amide bonds. The normalized spacial score (nSPS) is 22.8. The first kappa shape index (κ1) is 18.9. The molecule has 0 aromatic heterocycles. The van der Waals surface area contributed by atoms with Crippen LogP contribution >= 0.6 is 0 Å². The maximum Gasteiger partial charge on any atom is 0.303 e. The van der Waals surface area contributed by atoms with Crippen molar-refractivity contribution in [3.8, 4) is 0 Å². The van der Waals surface area contributed by atoms with Gasteiger partial charge in [0.05, 0.1) is 5.41 Å². The van der Waals surface area contributed by atoms with E-state index >= 15 is 0 Å². The monoisotopic (exact) mass is 359 g/mol. The second kappa shape index (κ2) is 8.21. The van der Waals surface area contributed by atoms with Crippen LogP contribution in [0.3, 0.4) is 0 Å². The van der Waals surface area contributed by atoms with Crippen LogP contribution in [0, 0.1) is 12.8 Å². The molecule has 0 spiro atoms. The molecule has 0 aliphatic carbocycles. The average Bonchev–Trinajstić information content (AvgIpc) is 2.67. The van der Waals surface area contributed by atoms with Gasteiger partial charge in [-0.2, -0.15) is 0 Å². The summed E-state index contributed by atoms with van der Waals surface area (Å²) in [6.07, 6.45) is 4.23. The van der Waals surface area contributed by atoms with Crippen molar-refractivity contribution in [1.29, 1.82) is 0 Å². The summed E-state index contributed by atoms with van der Waals surface area (Å²) in [5, 5.41) is 8.95. The van der Waals surface area contributed by atoms with Crippen molar-refractivity contribution in [2.75, 3.05) is 26.3 Å². The maximum atomic E-state index is 13.7. The van der Waals surface area contributed by atoms with Gasteiger partial charge in [0.1, 0.15) is 0 Å². The Morgan fingerprint density at radius 2 is 2.00 bits per heavy atom. The first-order valence-electron chi connectivity index (χ1n) is 9.68. The Kier molecular flexibility index (Phi) is 5.97. The Balaban J connectivity index is 1.82. The number of ether oxygens (including phenoxy) is 1. The molecule has 1 aromatic rings. The molecule has 3 rings (SSSR count). The summed E-state index contributed by atoms with van der Waals surface area (Å²) in [5.41, 5.74) is 1.78. The summed E-state index contributed by atoms with van der Waals surface area (Å²) < 4.78 is 5.57. The van der Waals surface area contributed by atoms with E-state index in [4.69, 9.17) is 9.84 Å². The largest absolute Gasteiger partial charge is 0.481 e. The number of likely N-dealkylation sites (tertiary alicyclic amines) is 1. The first-order valence-corrected chi connectivity index (χ1v) is 9.68. The Labute approximate surface area is 155 Å². The number of carboxylic acid groups (broad SMARTS) is 1. The molecule has 1 unspecified atom stereocenters. The minimum atomic E-state index is -0.755. The van der Waals surface area contributed by atoms with E-state index in [-0.39, 0.29) is 18.2 Å². The fourth-order valence-electron chi connectivity index (χ4n) is 4.54. The Bertz CT molecular complexity index is 651. The minimum absolute atomic E-state index is 0.184. The Morgan fingerprint density at radius 3 is 2.69 bits per heavy atom. The van der Waals surface area contributed by atoms with Gasteiger partial charge in [-0.25, -0.2) is 0 Å². The number of piperidine rings is 1. The van der Waals surface area contributed by atoms with Crippen LogP contribution < -0.4 is 0 Å². The van der Waals surface area contributed by atoms with Gasteiger partial charge in [-0.3, -0.25) is 9.59 Å². The second-order valence-corrected chi connectivity index (χ2v) is 7.70. The van der Waals surface area contributed by atoms with Crippen LogP contribution in [0.25, 0.3) is 0 Å². The first-order chi connectivity index (χ1) is 12.5. The molecular weight excluding hydrogens is 330 g/mol. The highest BCUT2D eigenvalue weighted by molar-refractivity contribution is 5.89. The van der Waals surface area contributed by atoms with Crippen molar-refractivity contribution in [1.82, 2.24) is 4.90 Å². The van der Waals surface area contributed by atoms with E-state index in [9.17, 15) is 9.59 Å². The predicted octanol–water partition coefficient (Wildman–Crippen LogP) is 3.15. The van der Waals surface area contributed by atoms with Crippen molar-refractivity contribution in [2.45, 2.75) is 50.9 Å². The van der Waals surface area contributed by atoms with Crippen LogP contribution in [0.2, 0.25) is 0 Å². The molecule has 5 nitrogen and oxygen atoms in total. The zero-order valence-corrected chi connectivity index (χ0v) is 15.6. The summed E-state index contributed by atoms with van der Waals surface area (Å²) in [5.74, 6) is -0.262. The number of amides is 1. The molecule has 0 radical (unpaired) electrons. The van der Waals surface area contributed by atoms with Gasteiger partial charge in [0.15, 0.2) is 0 Å². The number of carbonyl (C=O) groups is 2. The highest BCUT2D eigenvalue weighted by atomic mass is 16.5. The van der Waals surface area contributed by atoms with Crippen LogP contribution in [-0.4, -0.2) is 48.2 Å². The summed E-state index contributed by atoms with van der Waals surface area (Å²) in [6, 6.07) is 8.19. The predicted molar refractivity (Wildman–Crippen MR) is 99.1 cm³/mol. The fraction of sp³-hybridized carbons (Fsp3) is 0.619. The molecular formula is C21H29NO4. The van der Waals surface area contributed by atoms with Gasteiger partial charge in [-0.1, -0.05) is 24.3 Å². The lowest BCUT2D eigenvalue weighted by molar-refractivity contribution is -0.143. The van der Waals surface area contributed by atoms with Gasteiger partial charge in [0.2, 0.25) is 5.91 Å². The fourth-order valence-corrected chi connectivity index (χ4v) is 4.54. The highest BCUT2D eigenvalue weighted by Crippen LogP contribution is 2.39. The number of aliphatic carboxylic acids is 1. The zero-order chi connectivity index (χ0) is 18.6. The second-order valence-electron chi connectivity index (χ2n) is 7.70. The third-order valence-corrected chi connectivity index (χ3v) is 5.99. The van der Waals surface area contributed by atoms with Crippen molar-refractivity contribution >= 4 is 11.9 Å². The molecule has 142 valence electrons. The molecule has 2 fully saturated rings. The maximum absolute atomic E-state index is 13.7. The van der Waals surface area contributed by atoms with E-state index in [1.807, 2.05) is 17.0 Å². The lowest BCUT2D eigenvalue weighted by atomic mass is 9.71. The Hall–Kier alpha value is -1.88. The van der Waals surface area contributed by atoms with E-state index in [0.29, 0.717) is 39.0 Å². The quantitative estimate of drug-likeness (QED) is 0.877. The van der Waals surface area contributed by atoms with Gasteiger partial charge >= 0.3 is 5.97 Å². The van der Waals surface area contributed by atoms with E-state index in [2.05, 4.69) is 19.1 Å². The summed E-state index contributed by atoms with van der Waals surface area (Å²) >= 11 is 0. The van der Waals surface area contributed by atoms with Crippen LogP contribution in [0.4, 0.5) is 0 Å². The molecule has 1 atom stereocenters. The summed E-state index contributed by atoms with van der Waals surface area (Å²) in [7, 11) is 0. The molecule has 1 aromatic carbocycles. The van der Waals surface area contributed by atoms with Gasteiger partial charge in [-0.15, -0.1) is 0 Å². The lowest BCUT2D eigenvalue weighted by Crippen LogP contribution is -2.52. The van der Waals surface area contributed by atoms with Gasteiger partial charge in [0, 0.05) is 32.7 Å². The molecule has 26 heavy (non-hydrogen) atoms. The lowest BCUT2D eigenvalue weighted by Gasteiger charge is -2.43. The van der Waals surface area contributed by atoms with Gasteiger partial charge in [-0.05, 0) is 56.1 Å². The smallest absolute Gasteiger partial charge is 0.303 e. The average molecular weight is 359 g/mol. The van der Waals surface area contributed by atoms with E-state index in [0.717, 1.165) is 30.5 Å². The molecule has 2 heterocycles. The third-order valence-electron chi connectivity index (χ3n) is 5.99. The topological polar surface area (TPSA) is 66.8 Å². The standard InChI is InChI=1S/C21H29NO4/c1-16-5-2-3-7-18(16)21(10-13-26-14-11-21)20(25)22-12-4-6-17(15-22)8-9-19(23)24/h2-3,5,7,17H,4,6,8-15H2,1H3,(H,23,24). The van der Waals surface area contributed by atoms with Gasteiger partial charge < -0.3 is 14.7 Å². The van der Waals surface area contributed by atoms with Gasteiger partial charge in [0.25, 0.3) is 0 Å². The highest BCUT2D eigenvalue weighted by Gasteiger charge is 2.45. The number of aryl methyl sites for hydroxylation is 1. The SMILES string of the molecule is Cc1ccccc1C1(C(=O)N2CCCC(CCC(=O)O)C2)CCOCC1. The molecule has 2 aliphatic rings. The zero-order valence-electron chi connectivity index (χ0n) is 15.6. The van der Waals surface area contributed by atoms with Crippen molar-refractivity contribution in [3.63, 3.8) is 0 Å². The van der Waals surface area contributed by atoms with Crippen LogP contribution in [-0.2, 0) is 19.7 Å². The van der Waals surface area contributed by atoms with Crippen LogP contribution in [0.5, 0.6) is 0 Å². The molecule has 0 bridgehead atoms. The van der Waals surface area contributed by atoms with Crippen molar-refractivity contribution in [3.05, 3.63) is 35.4 Å². The molecule has 0 saturated carbocycles. The summed E-state index contributed by atoms with van der Waals surface area (Å²) in [6.45, 7) is 4.75. The molecule has 2 saturated heterocycles. The van der Waals surface area contributed by atoms with Crippen molar-refractivity contribution < 1.29 is 19.4 Å². The van der Waals surface area contributed by atoms with E-state index < -0.39 is 11.4 Å². The molecule has 1 N–H and O–H groups in total. The number of carboxylic acids is 1. The number of nitrogens with zero attached hydrogens (tertiary/aromatic N) is 1.